The molecule has 36 nitrogen and oxygen atoms in total. The molecule has 8 N–H and O–H groups in total. The van der Waals surface area contributed by atoms with Crippen molar-refractivity contribution in [2.75, 3.05) is 150 Å². The first kappa shape index (κ1) is 102. The minimum Gasteiger partial charge on any atom is -0.460 e. The third kappa shape index (κ3) is 26.3. The average molecular weight is 1870 g/mol. The van der Waals surface area contributed by atoms with Gasteiger partial charge < -0.3 is 94.1 Å². The van der Waals surface area contributed by atoms with Crippen LogP contribution in [0, 0.1) is 35.5 Å². The number of amides is 4. The number of benzene rings is 2. The van der Waals surface area contributed by atoms with E-state index >= 15 is 0 Å². The number of aliphatic hydroxyl groups excluding tert-OH is 3. The molecule has 0 spiro atoms. The van der Waals surface area contributed by atoms with E-state index in [4.69, 9.17) is 54.2 Å². The van der Waals surface area contributed by atoms with Crippen LogP contribution in [-0.2, 0) is 92.8 Å². The minimum atomic E-state index is -2.47. The van der Waals surface area contributed by atoms with Gasteiger partial charge in [-0.3, -0.25) is 38.6 Å². The van der Waals surface area contributed by atoms with Gasteiger partial charge in [0.1, 0.15) is 47.7 Å². The van der Waals surface area contributed by atoms with Crippen molar-refractivity contribution in [1.29, 1.82) is 0 Å². The topological polar surface area (TPSA) is 448 Å². The fraction of sp³-hybridized carbons (Fsp3) is 0.616. The molecule has 36 heteroatoms. The summed E-state index contributed by atoms with van der Waals surface area (Å²) in [6, 6.07) is 10.7. The smallest absolute Gasteiger partial charge is 0.329 e. The van der Waals surface area contributed by atoms with Gasteiger partial charge in [-0.2, -0.15) is 10.1 Å². The van der Waals surface area contributed by atoms with Crippen molar-refractivity contribution < 1.29 is 91.7 Å². The van der Waals surface area contributed by atoms with Crippen LogP contribution >= 0.6 is 0 Å². The summed E-state index contributed by atoms with van der Waals surface area (Å²) < 4.78 is 43.7. The zero-order valence-corrected chi connectivity index (χ0v) is 80.1. The molecule has 4 amide bonds. The number of hydrogen-bond acceptors (Lipinski definition) is 31. The Morgan fingerprint density at radius 3 is 2.23 bits per heavy atom. The SMILES string of the molecule is CO[C@H]1C[C@@H]2CC[C@@H](C)[C@@](O)(O2)C(=O)C(=O)N2CCCC[C@H]2C(=O)O[C@H]([C@H](C)C[C@@H]2CC[C@@H](O)[C@H](OC)C2)C[C@@H](O)[C@H](C)/C=C(\C)[C@@H](O)[C@@H](OC)C(=NOCC(=O)CCc2cnc(N3CCN(C(=O)CCOCCN4CCN(C(=O)CN(C)CC(=O)N5CCc6cc(Cn7nc(-c8ccc9oc(N)nc9c8)c8c(N)ncnc87)ccc6C5)CC4)CC3)nc2)[C@H](C)C[C@H](C)/C=C/C=C/C=C/1C. The van der Waals surface area contributed by atoms with E-state index in [0.717, 1.165) is 33.4 Å². The number of cyclic esters (lactones) is 1. The number of aromatic nitrogens is 7. The van der Waals surface area contributed by atoms with Gasteiger partial charge >= 0.3 is 5.97 Å². The molecule has 6 aliphatic heterocycles. The number of fused-ring (bicyclic) bond motifs is 6. The lowest BCUT2D eigenvalue weighted by atomic mass is 9.78. The molecule has 10 heterocycles. The Morgan fingerprint density at radius 1 is 0.733 bits per heavy atom. The maximum Gasteiger partial charge on any atom is 0.329 e. The molecule has 7 aliphatic rings. The molecule has 6 aromatic rings. The van der Waals surface area contributed by atoms with Crippen LogP contribution in [0.1, 0.15) is 161 Å². The maximum absolute atomic E-state index is 14.8. The number of likely N-dealkylation sites (N-methyl/N-ethyl adjacent to an activating group) is 1. The number of Topliss-reactive ketones (excluding diaryl/α,β-unsaturated/α-hetero) is 2. The summed E-state index contributed by atoms with van der Waals surface area (Å²) in [5.74, 6) is -6.90. The highest BCUT2D eigenvalue weighted by Crippen LogP contribution is 2.40. The molecule has 0 unspecified atom stereocenters. The van der Waals surface area contributed by atoms with E-state index in [0.29, 0.717) is 207 Å². The second-order valence-corrected chi connectivity index (χ2v) is 38.1. The zero-order chi connectivity index (χ0) is 96.3. The van der Waals surface area contributed by atoms with Crippen LogP contribution in [0.2, 0.25) is 0 Å². The quantitative estimate of drug-likeness (QED) is 0.00998. The van der Waals surface area contributed by atoms with E-state index < -0.39 is 84.1 Å². The van der Waals surface area contributed by atoms with E-state index in [1.165, 1.54) is 18.3 Å². The Kier molecular flexibility index (Phi) is 36.0. The lowest BCUT2D eigenvalue weighted by molar-refractivity contribution is -0.265. The highest BCUT2D eigenvalue weighted by atomic mass is 16.6. The molecule has 2 bridgehead atoms. The molecule has 13 rings (SSSR count). The lowest BCUT2D eigenvalue weighted by Crippen LogP contribution is -2.61. The van der Waals surface area contributed by atoms with Crippen LogP contribution in [0.5, 0.6) is 0 Å². The number of aryl methyl sites for hydroxylation is 1. The number of hydrogen-bond donors (Lipinski definition) is 6. The first-order chi connectivity index (χ1) is 64.8. The first-order valence-electron chi connectivity index (χ1n) is 48.0. The number of allylic oxidation sites excluding steroid dienone is 5. The van der Waals surface area contributed by atoms with Gasteiger partial charge in [0.05, 0.1) is 80.9 Å². The van der Waals surface area contributed by atoms with Crippen LogP contribution in [0.15, 0.2) is 112 Å². The number of piperazine rings is 2. The third-order valence-corrected chi connectivity index (χ3v) is 28.1. The van der Waals surface area contributed by atoms with Gasteiger partial charge in [-0.1, -0.05) is 94.4 Å². The molecule has 4 aromatic heterocycles. The van der Waals surface area contributed by atoms with Crippen molar-refractivity contribution >= 4 is 86.8 Å². The molecule has 734 valence electrons. The van der Waals surface area contributed by atoms with Gasteiger partial charge in [0.2, 0.25) is 29.5 Å². The number of carbonyl (C=O) groups is 7. The van der Waals surface area contributed by atoms with Crippen LogP contribution in [-0.4, -0.2) is 325 Å². The number of oxime groups is 1. The number of carbonyl (C=O) groups excluding carboxylic acids is 7. The second-order valence-electron chi connectivity index (χ2n) is 38.1. The zero-order valence-electron chi connectivity index (χ0n) is 80.1. The normalized spacial score (nSPS) is 28.5. The summed E-state index contributed by atoms with van der Waals surface area (Å²) in [4.78, 5) is 139. The Bertz CT molecular complexity index is 5220. The summed E-state index contributed by atoms with van der Waals surface area (Å²) in [5.41, 5.74) is 21.0. The number of nitrogens with zero attached hydrogens (tertiary/aromatic N) is 15. The molecule has 1 aliphatic carbocycles. The molecule has 1 saturated carbocycles. The Balaban J connectivity index is 0.544. The summed E-state index contributed by atoms with van der Waals surface area (Å²) in [7, 11) is 6.42. The van der Waals surface area contributed by atoms with Crippen molar-refractivity contribution in [3.8, 4) is 11.3 Å². The van der Waals surface area contributed by atoms with Gasteiger partial charge in [-0.25, -0.2) is 29.4 Å². The molecular formula is C99H139N17O19. The number of oxazole rings is 1. The van der Waals surface area contributed by atoms with Gasteiger partial charge in [-0.05, 0) is 167 Å². The summed E-state index contributed by atoms with van der Waals surface area (Å²) in [6.45, 7) is 20.4. The van der Waals surface area contributed by atoms with Crippen molar-refractivity contribution in [1.82, 2.24) is 64.1 Å². The molecule has 16 atom stereocenters. The number of esters is 1. The second kappa shape index (κ2) is 47.6. The molecular weight excluding hydrogens is 1730 g/mol. The van der Waals surface area contributed by atoms with Crippen LogP contribution in [0.3, 0.4) is 0 Å². The summed E-state index contributed by atoms with van der Waals surface area (Å²) >= 11 is 0. The van der Waals surface area contributed by atoms with E-state index in [9.17, 15) is 54.0 Å². The number of nitrogens with two attached hydrogens (primary N) is 2. The monoisotopic (exact) mass is 1870 g/mol. The molecule has 5 fully saturated rings. The van der Waals surface area contributed by atoms with Crippen molar-refractivity contribution in [3.63, 3.8) is 0 Å². The number of aliphatic hydroxyl groups is 4. The number of anilines is 3. The summed E-state index contributed by atoms with van der Waals surface area (Å²) in [5, 5.41) is 57.7. The lowest BCUT2D eigenvalue weighted by Gasteiger charge is -2.43. The number of ketones is 2. The third-order valence-electron chi connectivity index (χ3n) is 28.1. The van der Waals surface area contributed by atoms with Crippen molar-refractivity contribution in [2.24, 2.45) is 40.7 Å². The highest BCUT2D eigenvalue weighted by Gasteiger charge is 2.53. The van der Waals surface area contributed by atoms with Crippen molar-refractivity contribution in [2.45, 2.75) is 225 Å². The van der Waals surface area contributed by atoms with Crippen LogP contribution < -0.4 is 16.4 Å². The molecule has 135 heavy (non-hydrogen) atoms. The van der Waals surface area contributed by atoms with Crippen LogP contribution in [0.25, 0.3) is 33.4 Å². The standard InChI is InChI=1S/C99H139N17O19/c1-61-17-13-12-14-18-62(2)81(128-9)51-75-27-20-67(7)99(127,135-75)92(124)95(125)115-32-16-15-19-77(115)96(126)133-82(64(4)47-68-23-28-78(118)83(49-68)129-10)52-79(119)63(3)46-66(6)90(123)91(130-11)88(65(5)45-61)108-132-59-74(117)26-22-70-53-102-98(103-54-70)113-40-38-111(39-41-113)84(120)31-43-131-44-42-110-34-36-112(37-35-110)85(121)57-109(8)58-86(122)114-33-30-71-48-69(21-24-73(71)56-114)55-116-94-87(93(100)104-60-105-94)89(107-116)72-25-29-80-76(50-72)106-97(101)134-80/h12-14,17-18,21,24-25,29,46,48,50,53-54,60-61,63-65,67-68,75,77-79,81-83,90-91,118-119,123,127H,15-16,19-20,22-23,26-28,30-45,47,49,51-52,55-59H2,1-11H3,(H2,101,106)(H2,100,104,105)/b14-12+,17-13+,62-18+,66-46+,108-88?/t61-,63-,64-,65-,67-,68+,75+,77+,78-,79-,81+,82+,83-,90-,91+,99-/m1/s1. The predicted molar refractivity (Wildman–Crippen MR) is 506 cm³/mol. The number of nitrogen functional groups attached to an aromatic ring is 2. The minimum absolute atomic E-state index is 0.00243. The largest absolute Gasteiger partial charge is 0.460 e. The summed E-state index contributed by atoms with van der Waals surface area (Å²) in [6.07, 6.45) is 16.4. The van der Waals surface area contributed by atoms with Gasteiger partial charge in [0.15, 0.2) is 23.6 Å². The van der Waals surface area contributed by atoms with E-state index in [2.05, 4.69) is 54.0 Å². The molecule has 4 saturated heterocycles. The molecule has 2 aromatic carbocycles. The molecule has 0 radical (unpaired) electrons. The van der Waals surface area contributed by atoms with Gasteiger partial charge in [0, 0.05) is 155 Å². The number of ether oxygens (including phenoxy) is 6. The van der Waals surface area contributed by atoms with Crippen LogP contribution in [0.4, 0.5) is 17.8 Å². The fourth-order valence-corrected chi connectivity index (χ4v) is 19.8. The van der Waals surface area contributed by atoms with E-state index in [1.807, 2.05) is 93.6 Å². The Hall–Kier alpha value is -10.4. The average Bonchev–Trinajstić information content (AvgIpc) is 1.69. The first-order valence-corrected chi connectivity index (χ1v) is 48.0. The fourth-order valence-electron chi connectivity index (χ4n) is 19.8. The van der Waals surface area contributed by atoms with E-state index in [1.54, 1.807) is 71.5 Å². The highest BCUT2D eigenvalue weighted by molar-refractivity contribution is 6.39. The Morgan fingerprint density at radius 2 is 1.48 bits per heavy atom. The number of piperidine rings is 1. The van der Waals surface area contributed by atoms with Crippen molar-refractivity contribution in [3.05, 3.63) is 125 Å². The number of rotatable bonds is 26. The Labute approximate surface area is 790 Å². The predicted octanol–water partition coefficient (Wildman–Crippen LogP) is 7.64. The number of methoxy groups -OCH3 is 3. The van der Waals surface area contributed by atoms with Gasteiger partial charge in [-0.15, -0.1) is 0 Å². The maximum atomic E-state index is 14.8. The van der Waals surface area contributed by atoms with E-state index in [-0.39, 0.29) is 124 Å². The van der Waals surface area contributed by atoms with Gasteiger partial charge in [0.25, 0.3) is 17.7 Å².